The lowest BCUT2D eigenvalue weighted by Gasteiger charge is -2.58. The average Bonchev–Trinajstić information content (AvgIpc) is 3.13. The molecule has 4 aliphatic rings. The second-order valence-electron chi connectivity index (χ2n) is 11.7. The fourth-order valence-corrected chi connectivity index (χ4v) is 8.50. The molecule has 5 nitrogen and oxygen atoms in total. The molecule has 0 amide bonds. The van der Waals surface area contributed by atoms with Crippen LogP contribution in [0.3, 0.4) is 0 Å². The van der Waals surface area contributed by atoms with Crippen molar-refractivity contribution in [2.24, 2.45) is 46.3 Å². The van der Waals surface area contributed by atoms with Crippen molar-refractivity contribution in [1.29, 1.82) is 0 Å². The van der Waals surface area contributed by atoms with E-state index >= 15 is 0 Å². The first-order valence-corrected chi connectivity index (χ1v) is 14.2. The third kappa shape index (κ3) is 4.23. The van der Waals surface area contributed by atoms with Crippen LogP contribution in [0.2, 0.25) is 0 Å². The number of rotatable bonds is 7. The van der Waals surface area contributed by atoms with Crippen LogP contribution in [0.1, 0.15) is 78.6 Å². The van der Waals surface area contributed by atoms with E-state index in [1.165, 1.54) is 0 Å². The van der Waals surface area contributed by atoms with Gasteiger partial charge in [-0.2, -0.15) is 11.8 Å². The molecule has 0 N–H and O–H groups in total. The number of hydrogen-bond donors (Lipinski definition) is 0. The van der Waals surface area contributed by atoms with Gasteiger partial charge in [0.15, 0.2) is 0 Å². The van der Waals surface area contributed by atoms with Gasteiger partial charge in [0.2, 0.25) is 0 Å². The molecule has 0 aromatic heterocycles. The molecular formula is C27H40O5S. The summed E-state index contributed by atoms with van der Waals surface area (Å²) in [7, 11) is 0. The van der Waals surface area contributed by atoms with Gasteiger partial charge in [0.05, 0.1) is 0 Å². The van der Waals surface area contributed by atoms with Gasteiger partial charge in [-0.05, 0) is 66.9 Å². The second-order valence-corrected chi connectivity index (χ2v) is 12.7. The summed E-state index contributed by atoms with van der Waals surface area (Å²) < 4.78 is 5.31. The Morgan fingerprint density at radius 1 is 1.12 bits per heavy atom. The van der Waals surface area contributed by atoms with Crippen LogP contribution in [0.25, 0.3) is 0 Å². The van der Waals surface area contributed by atoms with Crippen molar-refractivity contribution in [2.45, 2.75) is 78.6 Å². The van der Waals surface area contributed by atoms with Gasteiger partial charge >= 0.3 is 5.97 Å². The Balaban J connectivity index is 1.49. The maximum atomic E-state index is 13.8. The number of hydrogen-bond acceptors (Lipinski definition) is 6. The molecular weight excluding hydrogens is 436 g/mol. The zero-order valence-electron chi connectivity index (χ0n) is 20.7. The van der Waals surface area contributed by atoms with Gasteiger partial charge < -0.3 is 4.74 Å². The van der Waals surface area contributed by atoms with Crippen LogP contribution in [0.4, 0.5) is 0 Å². The van der Waals surface area contributed by atoms with Crippen molar-refractivity contribution in [3.8, 4) is 0 Å². The maximum absolute atomic E-state index is 13.8. The van der Waals surface area contributed by atoms with E-state index in [1.54, 1.807) is 11.8 Å². The van der Waals surface area contributed by atoms with E-state index in [1.807, 2.05) is 6.26 Å². The summed E-state index contributed by atoms with van der Waals surface area (Å²) in [6.07, 6.45) is 7.87. The van der Waals surface area contributed by atoms with Crippen LogP contribution in [0.5, 0.6) is 0 Å². The predicted molar refractivity (Wildman–Crippen MR) is 129 cm³/mol. The summed E-state index contributed by atoms with van der Waals surface area (Å²) >= 11 is 1.66. The lowest BCUT2D eigenvalue weighted by Crippen LogP contribution is -2.60. The standard InChI is InChI=1S/C27H40O5S/c1-16(5-8-24(31)32-11-12-33-4)19-6-7-20-25-21(15-23(30)27(19,20)3)26(2)10-9-18(28)13-17(26)14-22(25)29/h16-17,19-21,25H,5-15H2,1-4H3. The fourth-order valence-electron chi connectivity index (χ4n) is 8.25. The highest BCUT2D eigenvalue weighted by Gasteiger charge is 2.66. The first-order chi connectivity index (χ1) is 15.6. The molecule has 6 heteroatoms. The zero-order valence-corrected chi connectivity index (χ0v) is 21.5. The molecule has 0 heterocycles. The molecule has 4 rings (SSSR count). The van der Waals surface area contributed by atoms with E-state index in [-0.39, 0.29) is 52.7 Å². The van der Waals surface area contributed by atoms with E-state index in [2.05, 4.69) is 20.8 Å². The van der Waals surface area contributed by atoms with E-state index in [0.29, 0.717) is 50.3 Å². The average molecular weight is 477 g/mol. The van der Waals surface area contributed by atoms with Gasteiger partial charge in [0.25, 0.3) is 0 Å². The van der Waals surface area contributed by atoms with Crippen LogP contribution in [0, 0.1) is 46.3 Å². The summed E-state index contributed by atoms with van der Waals surface area (Å²) in [5.41, 5.74) is -0.555. The quantitative estimate of drug-likeness (QED) is 0.384. The number of fused-ring (bicyclic) bond motifs is 5. The lowest BCUT2D eigenvalue weighted by molar-refractivity contribution is -0.166. The largest absolute Gasteiger partial charge is 0.465 e. The summed E-state index contributed by atoms with van der Waals surface area (Å²) in [6, 6.07) is 0. The molecule has 8 atom stereocenters. The molecule has 0 aromatic carbocycles. The van der Waals surface area contributed by atoms with Crippen molar-refractivity contribution in [2.75, 3.05) is 18.6 Å². The van der Waals surface area contributed by atoms with E-state index in [0.717, 1.165) is 31.4 Å². The van der Waals surface area contributed by atoms with Crippen molar-refractivity contribution < 1.29 is 23.9 Å². The van der Waals surface area contributed by atoms with Gasteiger partial charge in [-0.3, -0.25) is 19.2 Å². The Labute approximate surface area is 202 Å². The van der Waals surface area contributed by atoms with Crippen molar-refractivity contribution in [1.82, 2.24) is 0 Å². The highest BCUT2D eigenvalue weighted by Crippen LogP contribution is 2.66. The summed E-state index contributed by atoms with van der Waals surface area (Å²) in [5, 5.41) is 0. The summed E-state index contributed by atoms with van der Waals surface area (Å²) in [6.45, 7) is 6.99. The molecule has 8 unspecified atom stereocenters. The number of ether oxygens (including phenoxy) is 1. The highest BCUT2D eigenvalue weighted by atomic mass is 32.2. The number of carbonyl (C=O) groups is 4. The molecule has 0 spiro atoms. The minimum atomic E-state index is -0.479. The van der Waals surface area contributed by atoms with Gasteiger partial charge in [-0.1, -0.05) is 20.8 Å². The summed E-state index contributed by atoms with van der Waals surface area (Å²) in [5.74, 6) is 2.25. The van der Waals surface area contributed by atoms with Gasteiger partial charge in [0.1, 0.15) is 24.0 Å². The minimum absolute atomic E-state index is 0.0455. The van der Waals surface area contributed by atoms with Crippen LogP contribution >= 0.6 is 11.8 Å². The van der Waals surface area contributed by atoms with Crippen molar-refractivity contribution in [3.63, 3.8) is 0 Å². The molecule has 4 aliphatic carbocycles. The SMILES string of the molecule is CSCCOC(=O)CCC(C)C1CCC2C3C(=O)CC4CC(=O)CCC4(C)C3CC(=O)C12C. The van der Waals surface area contributed by atoms with E-state index < -0.39 is 5.41 Å². The van der Waals surface area contributed by atoms with E-state index in [9.17, 15) is 19.2 Å². The zero-order chi connectivity index (χ0) is 24.0. The summed E-state index contributed by atoms with van der Waals surface area (Å²) in [4.78, 5) is 51.5. The fraction of sp³-hybridized carbons (Fsp3) is 0.852. The van der Waals surface area contributed by atoms with Gasteiger partial charge in [0, 0.05) is 49.2 Å². The molecule has 33 heavy (non-hydrogen) atoms. The molecule has 0 bridgehead atoms. The van der Waals surface area contributed by atoms with Gasteiger partial charge in [-0.15, -0.1) is 0 Å². The third-order valence-electron chi connectivity index (χ3n) is 10.3. The number of esters is 1. The molecule has 4 fully saturated rings. The van der Waals surface area contributed by atoms with Crippen molar-refractivity contribution >= 4 is 35.1 Å². The van der Waals surface area contributed by atoms with Crippen LogP contribution in [-0.4, -0.2) is 41.9 Å². The van der Waals surface area contributed by atoms with Gasteiger partial charge in [-0.25, -0.2) is 0 Å². The molecule has 184 valence electrons. The normalized spacial score (nSPS) is 41.2. The molecule has 0 radical (unpaired) electrons. The monoisotopic (exact) mass is 476 g/mol. The Bertz CT molecular complexity index is 823. The number of ketones is 3. The van der Waals surface area contributed by atoms with Crippen molar-refractivity contribution in [3.05, 3.63) is 0 Å². The smallest absolute Gasteiger partial charge is 0.305 e. The molecule has 0 aliphatic heterocycles. The topological polar surface area (TPSA) is 77.5 Å². The van der Waals surface area contributed by atoms with Crippen LogP contribution < -0.4 is 0 Å². The Hall–Kier alpha value is -1.17. The number of Topliss-reactive ketones (excluding diaryl/α,β-unsaturated/α-hetero) is 3. The Morgan fingerprint density at radius 2 is 1.88 bits per heavy atom. The lowest BCUT2D eigenvalue weighted by atomic mass is 9.44. The molecule has 4 saturated carbocycles. The minimum Gasteiger partial charge on any atom is -0.465 e. The maximum Gasteiger partial charge on any atom is 0.305 e. The second kappa shape index (κ2) is 9.47. The highest BCUT2D eigenvalue weighted by molar-refractivity contribution is 7.98. The predicted octanol–water partition coefficient (Wildman–Crippen LogP) is 4.89. The third-order valence-corrected chi connectivity index (χ3v) is 10.8. The Kier molecular flexibility index (Phi) is 7.15. The van der Waals surface area contributed by atoms with E-state index in [4.69, 9.17) is 4.74 Å². The van der Waals surface area contributed by atoms with Crippen LogP contribution in [0.15, 0.2) is 0 Å². The van der Waals surface area contributed by atoms with Crippen LogP contribution in [-0.2, 0) is 23.9 Å². The molecule has 0 aromatic rings. The first-order valence-electron chi connectivity index (χ1n) is 12.8. The number of thioether (sulfide) groups is 1. The number of carbonyl (C=O) groups excluding carboxylic acids is 4. The first kappa shape index (κ1) is 24.9. The molecule has 0 saturated heterocycles. The Morgan fingerprint density at radius 3 is 2.61 bits per heavy atom.